The largest absolute Gasteiger partial charge is 0.305 e. The molecular formula is C18H19NO. The predicted molar refractivity (Wildman–Crippen MR) is 82.3 cm³/mol. The van der Waals surface area contributed by atoms with Crippen molar-refractivity contribution in [2.75, 3.05) is 4.90 Å². The number of carbonyl (C=O) groups is 1. The van der Waals surface area contributed by atoms with Crippen LogP contribution in [-0.4, -0.2) is 11.9 Å². The highest BCUT2D eigenvalue weighted by Gasteiger charge is 2.31. The number of hydrogen-bond donors (Lipinski definition) is 0. The Bertz CT molecular complexity index is 675. The van der Waals surface area contributed by atoms with E-state index in [1.54, 1.807) is 0 Å². The van der Waals surface area contributed by atoms with Gasteiger partial charge in [-0.25, -0.2) is 0 Å². The molecule has 2 aromatic carbocycles. The van der Waals surface area contributed by atoms with Crippen molar-refractivity contribution in [1.82, 2.24) is 0 Å². The number of rotatable bonds is 1. The van der Waals surface area contributed by atoms with Crippen LogP contribution in [0.5, 0.6) is 0 Å². The van der Waals surface area contributed by atoms with Crippen molar-refractivity contribution in [2.24, 2.45) is 0 Å². The smallest absolute Gasteiger partial charge is 0.258 e. The molecule has 0 radical (unpaired) electrons. The van der Waals surface area contributed by atoms with Crippen LogP contribution in [0, 0.1) is 13.8 Å². The molecular weight excluding hydrogens is 246 g/mol. The maximum atomic E-state index is 12.9. The molecule has 0 N–H and O–H groups in total. The normalized spacial score (nSPS) is 17.1. The van der Waals surface area contributed by atoms with Gasteiger partial charge in [0.25, 0.3) is 5.91 Å². The number of para-hydroxylation sites is 1. The number of fused-ring (bicyclic) bond motifs is 1. The maximum Gasteiger partial charge on any atom is 0.258 e. The van der Waals surface area contributed by atoms with Crippen LogP contribution in [0.2, 0.25) is 0 Å². The predicted octanol–water partition coefficient (Wildman–Crippen LogP) is 3.89. The summed E-state index contributed by atoms with van der Waals surface area (Å²) in [7, 11) is 0. The van der Waals surface area contributed by atoms with Crippen molar-refractivity contribution < 1.29 is 4.79 Å². The van der Waals surface area contributed by atoms with E-state index in [-0.39, 0.29) is 11.9 Å². The first-order valence-corrected chi connectivity index (χ1v) is 7.06. The zero-order valence-corrected chi connectivity index (χ0v) is 12.2. The molecule has 0 aliphatic carbocycles. The number of amides is 1. The summed E-state index contributed by atoms with van der Waals surface area (Å²) >= 11 is 0. The van der Waals surface area contributed by atoms with Gasteiger partial charge in [-0.3, -0.25) is 4.79 Å². The lowest BCUT2D eigenvalue weighted by Crippen LogP contribution is -2.36. The molecule has 20 heavy (non-hydrogen) atoms. The number of anilines is 1. The minimum absolute atomic E-state index is 0.111. The van der Waals surface area contributed by atoms with E-state index in [0.29, 0.717) is 0 Å². The highest BCUT2D eigenvalue weighted by molar-refractivity contribution is 6.08. The van der Waals surface area contributed by atoms with Crippen LogP contribution >= 0.6 is 0 Å². The summed E-state index contributed by atoms with van der Waals surface area (Å²) in [5, 5.41) is 0. The number of carbonyl (C=O) groups excluding carboxylic acids is 1. The quantitative estimate of drug-likeness (QED) is 0.766. The minimum Gasteiger partial charge on any atom is -0.305 e. The Kier molecular flexibility index (Phi) is 3.09. The fourth-order valence-electron chi connectivity index (χ4n) is 3.06. The Morgan fingerprint density at radius 2 is 1.90 bits per heavy atom. The molecule has 0 aromatic heterocycles. The van der Waals surface area contributed by atoms with Gasteiger partial charge in [-0.1, -0.05) is 35.9 Å². The van der Waals surface area contributed by atoms with E-state index in [4.69, 9.17) is 0 Å². The van der Waals surface area contributed by atoms with Crippen molar-refractivity contribution in [3.8, 4) is 0 Å². The second-order valence-electron chi connectivity index (χ2n) is 5.68. The van der Waals surface area contributed by atoms with Crippen molar-refractivity contribution in [3.05, 3.63) is 64.7 Å². The van der Waals surface area contributed by atoms with E-state index >= 15 is 0 Å². The summed E-state index contributed by atoms with van der Waals surface area (Å²) in [6.45, 7) is 6.17. The molecule has 3 rings (SSSR count). The van der Waals surface area contributed by atoms with E-state index in [1.165, 1.54) is 11.1 Å². The summed E-state index contributed by atoms with van der Waals surface area (Å²) in [5.74, 6) is 0.111. The van der Waals surface area contributed by atoms with Crippen molar-refractivity contribution in [1.29, 1.82) is 0 Å². The van der Waals surface area contributed by atoms with Crippen LogP contribution in [0.1, 0.15) is 34.0 Å². The Morgan fingerprint density at radius 3 is 2.65 bits per heavy atom. The van der Waals surface area contributed by atoms with Gasteiger partial charge >= 0.3 is 0 Å². The van der Waals surface area contributed by atoms with Gasteiger partial charge in [0.05, 0.1) is 0 Å². The fraction of sp³-hybridized carbons (Fsp3) is 0.278. The molecule has 1 amide bonds. The molecule has 1 heterocycles. The van der Waals surface area contributed by atoms with Gasteiger partial charge in [0, 0.05) is 17.3 Å². The van der Waals surface area contributed by atoms with E-state index in [9.17, 15) is 4.79 Å². The topological polar surface area (TPSA) is 20.3 Å². The summed E-state index contributed by atoms with van der Waals surface area (Å²) < 4.78 is 0. The zero-order chi connectivity index (χ0) is 14.3. The van der Waals surface area contributed by atoms with Gasteiger partial charge in [0.1, 0.15) is 0 Å². The van der Waals surface area contributed by atoms with Gasteiger partial charge in [0.15, 0.2) is 0 Å². The molecule has 1 aliphatic rings. The second-order valence-corrected chi connectivity index (χ2v) is 5.68. The summed E-state index contributed by atoms with van der Waals surface area (Å²) in [5.41, 5.74) is 5.36. The third-order valence-electron chi connectivity index (χ3n) is 4.04. The Morgan fingerprint density at radius 1 is 1.15 bits per heavy atom. The van der Waals surface area contributed by atoms with Crippen molar-refractivity contribution >= 4 is 11.6 Å². The van der Waals surface area contributed by atoms with Crippen LogP contribution < -0.4 is 4.90 Å². The second kappa shape index (κ2) is 4.78. The molecule has 2 nitrogen and oxygen atoms in total. The van der Waals surface area contributed by atoms with E-state index in [0.717, 1.165) is 23.2 Å². The summed E-state index contributed by atoms with van der Waals surface area (Å²) in [6.07, 6.45) is 0.937. The van der Waals surface area contributed by atoms with E-state index < -0.39 is 0 Å². The first-order valence-electron chi connectivity index (χ1n) is 7.06. The molecule has 2 aromatic rings. The average Bonchev–Trinajstić information content (AvgIpc) is 2.73. The molecule has 2 heteroatoms. The van der Waals surface area contributed by atoms with Crippen LogP contribution in [0.4, 0.5) is 5.69 Å². The number of benzene rings is 2. The average molecular weight is 265 g/mol. The SMILES string of the molecule is Cc1ccc(C(=O)N2c3ccccc3C[C@H]2C)c(C)c1. The lowest BCUT2D eigenvalue weighted by molar-refractivity contribution is 0.0981. The third kappa shape index (κ3) is 2.01. The molecule has 0 saturated heterocycles. The van der Waals surface area contributed by atoms with Crippen LogP contribution in [0.25, 0.3) is 0 Å². The van der Waals surface area contributed by atoms with Crippen LogP contribution in [0.15, 0.2) is 42.5 Å². The Labute approximate surface area is 120 Å². The van der Waals surface area contributed by atoms with Gasteiger partial charge < -0.3 is 4.90 Å². The minimum atomic E-state index is 0.111. The van der Waals surface area contributed by atoms with Gasteiger partial charge in [-0.05, 0) is 50.5 Å². The molecule has 0 saturated carbocycles. The Balaban J connectivity index is 2.03. The first kappa shape index (κ1) is 12.9. The first-order chi connectivity index (χ1) is 9.58. The van der Waals surface area contributed by atoms with Crippen LogP contribution in [-0.2, 0) is 6.42 Å². The Hall–Kier alpha value is -2.09. The van der Waals surface area contributed by atoms with Crippen LogP contribution in [0.3, 0.4) is 0 Å². The van der Waals surface area contributed by atoms with Crippen molar-refractivity contribution in [3.63, 3.8) is 0 Å². The molecule has 1 atom stereocenters. The molecule has 102 valence electrons. The standard InChI is InChI=1S/C18H19NO/c1-12-8-9-16(13(2)10-12)18(20)19-14(3)11-15-6-4-5-7-17(15)19/h4-10,14H,11H2,1-3H3/t14-/m1/s1. The summed E-state index contributed by atoms with van der Waals surface area (Å²) in [6, 6.07) is 14.4. The highest BCUT2D eigenvalue weighted by Crippen LogP contribution is 2.33. The molecule has 0 spiro atoms. The van der Waals surface area contributed by atoms with Crippen molar-refractivity contribution in [2.45, 2.75) is 33.2 Å². The number of hydrogen-bond acceptors (Lipinski definition) is 1. The van der Waals surface area contributed by atoms with E-state index in [1.807, 2.05) is 42.2 Å². The van der Waals surface area contributed by atoms with Gasteiger partial charge in [-0.15, -0.1) is 0 Å². The monoisotopic (exact) mass is 265 g/mol. The number of nitrogens with zero attached hydrogens (tertiary/aromatic N) is 1. The molecule has 0 fully saturated rings. The van der Waals surface area contributed by atoms with Gasteiger partial charge in [0.2, 0.25) is 0 Å². The lowest BCUT2D eigenvalue weighted by Gasteiger charge is -2.23. The fourth-order valence-corrected chi connectivity index (χ4v) is 3.06. The molecule has 0 unspecified atom stereocenters. The van der Waals surface area contributed by atoms with E-state index in [2.05, 4.69) is 26.0 Å². The molecule has 0 bridgehead atoms. The molecule has 1 aliphatic heterocycles. The maximum absolute atomic E-state index is 12.9. The zero-order valence-electron chi connectivity index (χ0n) is 12.2. The highest BCUT2D eigenvalue weighted by atomic mass is 16.2. The lowest BCUT2D eigenvalue weighted by atomic mass is 10.0. The summed E-state index contributed by atoms with van der Waals surface area (Å²) in [4.78, 5) is 14.8. The number of aryl methyl sites for hydroxylation is 2. The van der Waals surface area contributed by atoms with Gasteiger partial charge in [-0.2, -0.15) is 0 Å². The third-order valence-corrected chi connectivity index (χ3v) is 4.04.